The van der Waals surface area contributed by atoms with E-state index in [2.05, 4.69) is 17.4 Å². The second-order valence-corrected chi connectivity index (χ2v) is 5.56. The Morgan fingerprint density at radius 3 is 2.61 bits per heavy atom. The van der Waals surface area contributed by atoms with Crippen molar-refractivity contribution < 1.29 is 9.90 Å². The van der Waals surface area contributed by atoms with Gasteiger partial charge in [-0.3, -0.25) is 4.79 Å². The van der Waals surface area contributed by atoms with E-state index in [0.717, 1.165) is 11.5 Å². The van der Waals surface area contributed by atoms with Crippen molar-refractivity contribution in [2.45, 2.75) is 31.6 Å². The third kappa shape index (κ3) is 4.70. The van der Waals surface area contributed by atoms with Crippen molar-refractivity contribution in [1.82, 2.24) is 5.32 Å². The molecule has 2 N–H and O–H groups in total. The van der Waals surface area contributed by atoms with E-state index in [-0.39, 0.29) is 0 Å². The molecule has 0 aromatic heterocycles. The monoisotopic (exact) mass is 267 g/mol. The number of carboxylic acids is 1. The zero-order valence-electron chi connectivity index (χ0n) is 11.0. The largest absolute Gasteiger partial charge is 0.480 e. The number of carboxylic acid groups (broad SMARTS) is 1. The fourth-order valence-corrected chi connectivity index (χ4v) is 2.83. The molecule has 4 heteroatoms. The Morgan fingerprint density at radius 1 is 1.39 bits per heavy atom. The second kappa shape index (κ2) is 7.44. The van der Waals surface area contributed by atoms with Gasteiger partial charge in [-0.25, -0.2) is 0 Å². The Hall–Kier alpha value is -1.00. The molecule has 0 saturated carbocycles. The van der Waals surface area contributed by atoms with Crippen molar-refractivity contribution in [2.24, 2.45) is 0 Å². The Morgan fingerprint density at radius 2 is 2.06 bits per heavy atom. The van der Waals surface area contributed by atoms with E-state index in [4.69, 9.17) is 0 Å². The van der Waals surface area contributed by atoms with Crippen LogP contribution in [0, 0.1) is 0 Å². The van der Waals surface area contributed by atoms with Crippen molar-refractivity contribution in [3.63, 3.8) is 0 Å². The van der Waals surface area contributed by atoms with Crippen LogP contribution in [0.4, 0.5) is 0 Å². The quantitative estimate of drug-likeness (QED) is 0.711. The number of rotatable bonds is 8. The van der Waals surface area contributed by atoms with Crippen molar-refractivity contribution >= 4 is 17.7 Å². The van der Waals surface area contributed by atoms with E-state index in [9.17, 15) is 9.90 Å². The third-order valence-corrected chi connectivity index (χ3v) is 3.93. The number of thioether (sulfide) groups is 1. The van der Waals surface area contributed by atoms with E-state index in [1.165, 1.54) is 5.56 Å². The highest BCUT2D eigenvalue weighted by Gasteiger charge is 2.31. The van der Waals surface area contributed by atoms with Crippen LogP contribution >= 0.6 is 11.8 Å². The molecule has 0 amide bonds. The molecule has 0 aliphatic heterocycles. The maximum absolute atomic E-state index is 11.2. The average molecular weight is 267 g/mol. The highest BCUT2D eigenvalue weighted by atomic mass is 32.2. The van der Waals surface area contributed by atoms with Crippen molar-refractivity contribution in [3.05, 3.63) is 35.9 Å². The van der Waals surface area contributed by atoms with Crippen LogP contribution in [0.25, 0.3) is 0 Å². The molecule has 18 heavy (non-hydrogen) atoms. The molecule has 1 rings (SSSR count). The number of aliphatic carboxylic acids is 1. The summed E-state index contributed by atoms with van der Waals surface area (Å²) < 4.78 is 0. The highest BCUT2D eigenvalue weighted by Crippen LogP contribution is 2.18. The summed E-state index contributed by atoms with van der Waals surface area (Å²) in [7, 11) is 0. The van der Waals surface area contributed by atoms with E-state index in [1.54, 1.807) is 18.7 Å². The Balaban J connectivity index is 2.34. The van der Waals surface area contributed by atoms with Crippen LogP contribution in [0.3, 0.4) is 0 Å². The van der Waals surface area contributed by atoms with Gasteiger partial charge in [0.1, 0.15) is 5.54 Å². The molecular weight excluding hydrogens is 246 g/mol. The fraction of sp³-hybridized carbons (Fsp3) is 0.500. The van der Waals surface area contributed by atoms with E-state index >= 15 is 0 Å². The lowest BCUT2D eigenvalue weighted by atomic mass is 9.99. The second-order valence-electron chi connectivity index (χ2n) is 4.46. The lowest BCUT2D eigenvalue weighted by molar-refractivity contribution is -0.144. The summed E-state index contributed by atoms with van der Waals surface area (Å²) in [6.07, 6.45) is 0.633. The summed E-state index contributed by atoms with van der Waals surface area (Å²) in [6, 6.07) is 10.2. The standard InChI is InChI=1S/C14H21NO2S/c1-3-15-14(2,13(16)17)9-10-18-11-12-7-5-4-6-8-12/h4-8,15H,3,9-11H2,1-2H3,(H,16,17). The molecule has 0 aliphatic rings. The summed E-state index contributed by atoms with van der Waals surface area (Å²) >= 11 is 1.77. The van der Waals surface area contributed by atoms with Gasteiger partial charge in [0.25, 0.3) is 0 Å². The Kier molecular flexibility index (Phi) is 6.22. The topological polar surface area (TPSA) is 49.3 Å². The zero-order chi connectivity index (χ0) is 13.4. The molecule has 1 atom stereocenters. The zero-order valence-corrected chi connectivity index (χ0v) is 11.8. The van der Waals surface area contributed by atoms with E-state index < -0.39 is 11.5 Å². The minimum absolute atomic E-state index is 0.633. The Labute approximate surface area is 113 Å². The van der Waals surface area contributed by atoms with Crippen molar-refractivity contribution in [3.8, 4) is 0 Å². The fourth-order valence-electron chi connectivity index (χ4n) is 1.70. The molecule has 1 unspecified atom stereocenters. The normalized spacial score (nSPS) is 14.1. The van der Waals surface area contributed by atoms with Gasteiger partial charge in [0.15, 0.2) is 0 Å². The number of hydrogen-bond acceptors (Lipinski definition) is 3. The smallest absolute Gasteiger partial charge is 0.323 e. The molecule has 0 spiro atoms. The number of hydrogen-bond donors (Lipinski definition) is 2. The summed E-state index contributed by atoms with van der Waals surface area (Å²) in [6.45, 7) is 4.35. The number of benzene rings is 1. The summed E-state index contributed by atoms with van der Waals surface area (Å²) in [5, 5.41) is 12.3. The average Bonchev–Trinajstić information content (AvgIpc) is 2.36. The van der Waals surface area contributed by atoms with Crippen LogP contribution in [0.1, 0.15) is 25.8 Å². The van der Waals surface area contributed by atoms with Crippen LogP contribution in [0.15, 0.2) is 30.3 Å². The lowest BCUT2D eigenvalue weighted by Crippen LogP contribution is -2.49. The van der Waals surface area contributed by atoms with Gasteiger partial charge in [-0.2, -0.15) is 11.8 Å². The highest BCUT2D eigenvalue weighted by molar-refractivity contribution is 7.98. The van der Waals surface area contributed by atoms with Crippen LogP contribution in [-0.2, 0) is 10.5 Å². The minimum Gasteiger partial charge on any atom is -0.480 e. The van der Waals surface area contributed by atoms with Crippen LogP contribution in [0.5, 0.6) is 0 Å². The van der Waals surface area contributed by atoms with Crippen molar-refractivity contribution in [2.75, 3.05) is 12.3 Å². The van der Waals surface area contributed by atoms with Gasteiger partial charge in [-0.15, -0.1) is 0 Å². The van der Waals surface area contributed by atoms with Crippen LogP contribution < -0.4 is 5.32 Å². The predicted octanol–water partition coefficient (Wildman–Crippen LogP) is 2.76. The molecule has 1 aromatic rings. The number of likely N-dealkylation sites (N-methyl/N-ethyl adjacent to an activating group) is 1. The summed E-state index contributed by atoms with van der Waals surface area (Å²) in [5.74, 6) is 0.998. The summed E-state index contributed by atoms with van der Waals surface area (Å²) in [5.41, 5.74) is 0.473. The molecule has 0 heterocycles. The molecule has 0 fully saturated rings. The third-order valence-electron chi connectivity index (χ3n) is 2.90. The molecule has 0 aliphatic carbocycles. The van der Waals surface area contributed by atoms with Gasteiger partial charge in [0.2, 0.25) is 0 Å². The SMILES string of the molecule is CCNC(C)(CCSCc1ccccc1)C(=O)O. The first-order chi connectivity index (χ1) is 8.58. The van der Waals surface area contributed by atoms with Gasteiger partial charge in [-0.05, 0) is 31.2 Å². The van der Waals surface area contributed by atoms with Gasteiger partial charge in [0.05, 0.1) is 0 Å². The lowest BCUT2D eigenvalue weighted by Gasteiger charge is -2.25. The van der Waals surface area contributed by atoms with Crippen molar-refractivity contribution in [1.29, 1.82) is 0 Å². The summed E-state index contributed by atoms with van der Waals surface area (Å²) in [4.78, 5) is 11.2. The van der Waals surface area contributed by atoms with Gasteiger partial charge in [-0.1, -0.05) is 37.3 Å². The first-order valence-electron chi connectivity index (χ1n) is 6.18. The molecule has 3 nitrogen and oxygen atoms in total. The van der Waals surface area contributed by atoms with Gasteiger partial charge in [0, 0.05) is 5.75 Å². The molecular formula is C14H21NO2S. The van der Waals surface area contributed by atoms with Gasteiger partial charge >= 0.3 is 5.97 Å². The molecule has 100 valence electrons. The number of carbonyl (C=O) groups is 1. The number of nitrogens with one attached hydrogen (secondary N) is 1. The van der Waals surface area contributed by atoms with E-state index in [0.29, 0.717) is 13.0 Å². The molecule has 1 aromatic carbocycles. The molecule has 0 radical (unpaired) electrons. The predicted molar refractivity (Wildman–Crippen MR) is 76.9 cm³/mol. The Bertz CT molecular complexity index is 369. The van der Waals surface area contributed by atoms with Crippen LogP contribution in [0.2, 0.25) is 0 Å². The maximum Gasteiger partial charge on any atom is 0.323 e. The molecule has 0 bridgehead atoms. The minimum atomic E-state index is -0.807. The first kappa shape index (κ1) is 15.1. The van der Waals surface area contributed by atoms with Crippen LogP contribution in [-0.4, -0.2) is 28.9 Å². The maximum atomic E-state index is 11.2. The first-order valence-corrected chi connectivity index (χ1v) is 7.34. The van der Waals surface area contributed by atoms with Gasteiger partial charge < -0.3 is 10.4 Å². The van der Waals surface area contributed by atoms with E-state index in [1.807, 2.05) is 25.1 Å². The molecule has 0 saturated heterocycles.